The number of hydrogen-bond acceptors (Lipinski definition) is 2. The number of aromatic nitrogens is 1. The highest BCUT2D eigenvalue weighted by Gasteiger charge is 2.28. The number of benzene rings is 1. The van der Waals surface area contributed by atoms with Crippen LogP contribution in [0.1, 0.15) is 61.9 Å². The first-order chi connectivity index (χ1) is 11.5. The highest BCUT2D eigenvalue weighted by atomic mass is 19.1. The first kappa shape index (κ1) is 16.6. The Morgan fingerprint density at radius 2 is 1.92 bits per heavy atom. The zero-order valence-electron chi connectivity index (χ0n) is 14.1. The zero-order chi connectivity index (χ0) is 17.1. The molecule has 1 heterocycles. The molecule has 1 N–H and O–H groups in total. The van der Waals surface area contributed by atoms with Crippen LogP contribution < -0.4 is 5.32 Å². The summed E-state index contributed by atoms with van der Waals surface area (Å²) in [6, 6.07) is 12.8. The van der Waals surface area contributed by atoms with Crippen molar-refractivity contribution in [2.24, 2.45) is 5.92 Å². The SMILES string of the molecule is CC(C)CC(=O)NC(c1ccccc1)c1ccc(C2CC2)c(F)n1. The van der Waals surface area contributed by atoms with Gasteiger partial charge in [-0.25, -0.2) is 4.98 Å². The Bertz CT molecular complexity index is 711. The van der Waals surface area contributed by atoms with E-state index in [0.717, 1.165) is 18.4 Å². The maximum absolute atomic E-state index is 14.3. The van der Waals surface area contributed by atoms with Gasteiger partial charge in [0.2, 0.25) is 11.9 Å². The molecule has 4 heteroatoms. The molecule has 1 aromatic heterocycles. The molecule has 3 nitrogen and oxygen atoms in total. The van der Waals surface area contributed by atoms with Gasteiger partial charge < -0.3 is 5.32 Å². The number of hydrogen-bond donors (Lipinski definition) is 1. The third-order valence-corrected chi connectivity index (χ3v) is 4.24. The normalized spacial score (nSPS) is 15.3. The molecule has 2 aromatic rings. The van der Waals surface area contributed by atoms with E-state index < -0.39 is 12.0 Å². The van der Waals surface area contributed by atoms with E-state index in [1.807, 2.05) is 56.3 Å². The number of nitrogens with zero attached hydrogens (tertiary/aromatic N) is 1. The second kappa shape index (κ2) is 7.12. The summed E-state index contributed by atoms with van der Waals surface area (Å²) in [6.45, 7) is 4.00. The Morgan fingerprint density at radius 1 is 1.21 bits per heavy atom. The van der Waals surface area contributed by atoms with Crippen molar-refractivity contribution in [1.29, 1.82) is 0 Å². The largest absolute Gasteiger partial charge is 0.344 e. The molecule has 1 unspecified atom stereocenters. The molecule has 0 aliphatic heterocycles. The van der Waals surface area contributed by atoms with Crippen LogP contribution in [-0.2, 0) is 4.79 Å². The summed E-state index contributed by atoms with van der Waals surface area (Å²) in [5.41, 5.74) is 2.14. The molecule has 1 atom stereocenters. The van der Waals surface area contributed by atoms with E-state index in [-0.39, 0.29) is 11.8 Å². The van der Waals surface area contributed by atoms with E-state index in [9.17, 15) is 9.18 Å². The molecule has 1 aliphatic rings. The molecule has 0 saturated heterocycles. The summed E-state index contributed by atoms with van der Waals surface area (Å²) in [5, 5.41) is 3.00. The van der Waals surface area contributed by atoms with Crippen LogP contribution in [0.3, 0.4) is 0 Å². The minimum Gasteiger partial charge on any atom is -0.344 e. The van der Waals surface area contributed by atoms with Crippen molar-refractivity contribution in [3.63, 3.8) is 0 Å². The number of carbonyl (C=O) groups is 1. The van der Waals surface area contributed by atoms with Gasteiger partial charge in [-0.15, -0.1) is 0 Å². The van der Waals surface area contributed by atoms with Gasteiger partial charge in [-0.05, 0) is 36.3 Å². The summed E-state index contributed by atoms with van der Waals surface area (Å²) in [6.07, 6.45) is 2.50. The predicted octanol–water partition coefficient (Wildman–Crippen LogP) is 4.35. The van der Waals surface area contributed by atoms with Crippen molar-refractivity contribution in [1.82, 2.24) is 10.3 Å². The third kappa shape index (κ3) is 3.99. The van der Waals surface area contributed by atoms with Crippen LogP contribution in [-0.4, -0.2) is 10.9 Å². The maximum Gasteiger partial charge on any atom is 0.221 e. The van der Waals surface area contributed by atoms with Crippen LogP contribution in [0.5, 0.6) is 0 Å². The highest BCUT2D eigenvalue weighted by molar-refractivity contribution is 5.77. The molecule has 3 rings (SSSR count). The molecule has 0 bridgehead atoms. The number of rotatable bonds is 6. The smallest absolute Gasteiger partial charge is 0.221 e. The molecule has 1 fully saturated rings. The Morgan fingerprint density at radius 3 is 2.50 bits per heavy atom. The minimum atomic E-state index is -0.430. The van der Waals surface area contributed by atoms with Crippen molar-refractivity contribution in [3.8, 4) is 0 Å². The lowest BCUT2D eigenvalue weighted by Gasteiger charge is -2.20. The Kier molecular flexibility index (Phi) is 4.93. The van der Waals surface area contributed by atoms with Crippen molar-refractivity contribution in [2.75, 3.05) is 0 Å². The molecule has 0 radical (unpaired) electrons. The molecular weight excluding hydrogens is 303 g/mol. The molecule has 126 valence electrons. The predicted molar refractivity (Wildman–Crippen MR) is 92.1 cm³/mol. The Labute approximate surface area is 142 Å². The minimum absolute atomic E-state index is 0.0488. The number of carbonyl (C=O) groups excluding carboxylic acids is 1. The molecular formula is C20H23FN2O. The van der Waals surface area contributed by atoms with Gasteiger partial charge in [0.25, 0.3) is 0 Å². The van der Waals surface area contributed by atoms with E-state index in [2.05, 4.69) is 10.3 Å². The van der Waals surface area contributed by atoms with Crippen LogP contribution >= 0.6 is 0 Å². The second-order valence-electron chi connectivity index (χ2n) is 6.90. The van der Waals surface area contributed by atoms with E-state index in [0.29, 0.717) is 23.6 Å². The fourth-order valence-electron chi connectivity index (χ4n) is 2.88. The fourth-order valence-corrected chi connectivity index (χ4v) is 2.88. The monoisotopic (exact) mass is 326 g/mol. The molecule has 1 saturated carbocycles. The third-order valence-electron chi connectivity index (χ3n) is 4.24. The van der Waals surface area contributed by atoms with E-state index in [1.54, 1.807) is 0 Å². The van der Waals surface area contributed by atoms with Crippen molar-refractivity contribution in [2.45, 2.75) is 45.1 Å². The van der Waals surface area contributed by atoms with Gasteiger partial charge >= 0.3 is 0 Å². The van der Waals surface area contributed by atoms with E-state index in [4.69, 9.17) is 0 Å². The van der Waals surface area contributed by atoms with Gasteiger partial charge in [0.1, 0.15) is 0 Å². The first-order valence-corrected chi connectivity index (χ1v) is 8.55. The highest BCUT2D eigenvalue weighted by Crippen LogP contribution is 2.41. The standard InChI is InChI=1S/C20H23FN2O/c1-13(2)12-18(24)23-19(15-6-4-3-5-7-15)17-11-10-16(14-8-9-14)20(21)22-17/h3-7,10-11,13-14,19H,8-9,12H2,1-2H3,(H,23,24). The quantitative estimate of drug-likeness (QED) is 0.802. The summed E-state index contributed by atoms with van der Waals surface area (Å²) < 4.78 is 14.3. The summed E-state index contributed by atoms with van der Waals surface area (Å²) in [5.74, 6) is 0.127. The van der Waals surface area contributed by atoms with E-state index >= 15 is 0 Å². The lowest BCUT2D eigenvalue weighted by molar-refractivity contribution is -0.122. The number of amides is 1. The molecule has 0 spiro atoms. The molecule has 1 aliphatic carbocycles. The maximum atomic E-state index is 14.3. The summed E-state index contributed by atoms with van der Waals surface area (Å²) in [7, 11) is 0. The second-order valence-corrected chi connectivity index (χ2v) is 6.90. The number of halogens is 1. The first-order valence-electron chi connectivity index (χ1n) is 8.55. The van der Waals surface area contributed by atoms with Gasteiger partial charge in [-0.3, -0.25) is 4.79 Å². The van der Waals surface area contributed by atoms with Crippen molar-refractivity contribution >= 4 is 5.91 Å². The average Bonchev–Trinajstić information content (AvgIpc) is 3.37. The Balaban J connectivity index is 1.89. The van der Waals surface area contributed by atoms with Gasteiger partial charge in [-0.1, -0.05) is 50.2 Å². The van der Waals surface area contributed by atoms with E-state index in [1.165, 1.54) is 0 Å². The van der Waals surface area contributed by atoms with Gasteiger partial charge in [0.15, 0.2) is 0 Å². The Hall–Kier alpha value is -2.23. The number of nitrogens with one attached hydrogen (secondary N) is 1. The lowest BCUT2D eigenvalue weighted by Crippen LogP contribution is -2.30. The molecule has 24 heavy (non-hydrogen) atoms. The van der Waals surface area contributed by atoms with Crippen LogP contribution in [0.15, 0.2) is 42.5 Å². The van der Waals surface area contributed by atoms with Crippen LogP contribution in [0.4, 0.5) is 4.39 Å². The lowest BCUT2D eigenvalue weighted by atomic mass is 10.0. The summed E-state index contributed by atoms with van der Waals surface area (Å²) in [4.78, 5) is 16.4. The average molecular weight is 326 g/mol. The molecule has 1 amide bonds. The fraction of sp³-hybridized carbons (Fsp3) is 0.400. The summed E-state index contributed by atoms with van der Waals surface area (Å²) >= 11 is 0. The zero-order valence-corrected chi connectivity index (χ0v) is 14.1. The molecule has 1 aromatic carbocycles. The van der Waals surface area contributed by atoms with Crippen LogP contribution in [0.2, 0.25) is 0 Å². The van der Waals surface area contributed by atoms with Crippen molar-refractivity contribution < 1.29 is 9.18 Å². The number of pyridine rings is 1. The van der Waals surface area contributed by atoms with Gasteiger partial charge in [0.05, 0.1) is 11.7 Å². The van der Waals surface area contributed by atoms with Crippen LogP contribution in [0, 0.1) is 11.9 Å². The van der Waals surface area contributed by atoms with Crippen molar-refractivity contribution in [3.05, 3.63) is 65.2 Å². The van der Waals surface area contributed by atoms with Gasteiger partial charge in [0, 0.05) is 12.0 Å². The topological polar surface area (TPSA) is 42.0 Å². The van der Waals surface area contributed by atoms with Gasteiger partial charge in [-0.2, -0.15) is 4.39 Å². The van der Waals surface area contributed by atoms with Crippen LogP contribution in [0.25, 0.3) is 0 Å².